The van der Waals surface area contributed by atoms with Crippen molar-refractivity contribution >= 4 is 17.4 Å². The van der Waals surface area contributed by atoms with Gasteiger partial charge in [0.1, 0.15) is 21.4 Å². The van der Waals surface area contributed by atoms with Crippen molar-refractivity contribution in [3.05, 3.63) is 71.1 Å². The van der Waals surface area contributed by atoms with E-state index in [0.29, 0.717) is 28.5 Å². The predicted octanol–water partition coefficient (Wildman–Crippen LogP) is 5.92. The highest BCUT2D eigenvalue weighted by atomic mass is 32.1. The Morgan fingerprint density at radius 3 is 2.42 bits per heavy atom. The number of hydrogen-bond donors (Lipinski definition) is 1. The zero-order valence-electron chi connectivity index (χ0n) is 18.3. The Kier molecular flexibility index (Phi) is 7.57. The van der Waals surface area contributed by atoms with Gasteiger partial charge in [0.05, 0.1) is 0 Å². The first-order valence-electron chi connectivity index (χ1n) is 10.0. The molecule has 0 unspecified atom stereocenters. The van der Waals surface area contributed by atoms with E-state index in [1.807, 2.05) is 30.7 Å². The SMILES string of the molecule is CC(C)(C)OC(=O)NCc1ccc(C[CH]c2nnc(-c3cccc(OC(F)(F)F)c3)s2)cc1. The molecule has 0 aliphatic heterocycles. The van der Waals surface area contributed by atoms with Crippen LogP contribution in [0.1, 0.15) is 36.9 Å². The van der Waals surface area contributed by atoms with E-state index in [1.165, 1.54) is 29.5 Å². The van der Waals surface area contributed by atoms with Gasteiger partial charge in [-0.2, -0.15) is 0 Å². The highest BCUT2D eigenvalue weighted by Crippen LogP contribution is 2.30. The molecule has 2 aromatic carbocycles. The van der Waals surface area contributed by atoms with Crippen LogP contribution >= 0.6 is 11.3 Å². The van der Waals surface area contributed by atoms with E-state index >= 15 is 0 Å². The Morgan fingerprint density at radius 2 is 1.76 bits per heavy atom. The van der Waals surface area contributed by atoms with E-state index in [1.54, 1.807) is 26.8 Å². The Labute approximate surface area is 193 Å². The summed E-state index contributed by atoms with van der Waals surface area (Å²) >= 11 is 1.27. The minimum absolute atomic E-state index is 0.304. The molecule has 1 heterocycles. The molecular formula is C23H23F3N3O3S. The summed E-state index contributed by atoms with van der Waals surface area (Å²) in [5.41, 5.74) is 1.92. The lowest BCUT2D eigenvalue weighted by atomic mass is 10.1. The minimum Gasteiger partial charge on any atom is -0.444 e. The van der Waals surface area contributed by atoms with Crippen LogP contribution in [0.2, 0.25) is 0 Å². The van der Waals surface area contributed by atoms with E-state index in [2.05, 4.69) is 20.3 Å². The van der Waals surface area contributed by atoms with E-state index in [4.69, 9.17) is 4.74 Å². The predicted molar refractivity (Wildman–Crippen MR) is 119 cm³/mol. The average Bonchev–Trinajstić information content (AvgIpc) is 3.18. The number of nitrogens with zero attached hydrogens (tertiary/aromatic N) is 2. The number of ether oxygens (including phenoxy) is 2. The third-order valence-corrected chi connectivity index (χ3v) is 5.09. The highest BCUT2D eigenvalue weighted by molar-refractivity contribution is 7.14. The lowest BCUT2D eigenvalue weighted by molar-refractivity contribution is -0.274. The molecule has 0 aliphatic carbocycles. The second-order valence-corrected chi connectivity index (χ2v) is 9.11. The van der Waals surface area contributed by atoms with E-state index in [0.717, 1.165) is 11.1 Å². The lowest BCUT2D eigenvalue weighted by Crippen LogP contribution is -2.32. The second-order valence-electron chi connectivity index (χ2n) is 8.10. The maximum Gasteiger partial charge on any atom is 0.573 e. The van der Waals surface area contributed by atoms with Crippen molar-refractivity contribution in [2.24, 2.45) is 0 Å². The number of carbonyl (C=O) groups is 1. The molecule has 0 fully saturated rings. The Hall–Kier alpha value is -3.14. The van der Waals surface area contributed by atoms with Gasteiger partial charge in [-0.05, 0) is 50.5 Å². The fourth-order valence-corrected chi connectivity index (χ4v) is 3.52. The molecule has 1 aromatic heterocycles. The average molecular weight is 479 g/mol. The number of nitrogens with one attached hydrogen (secondary N) is 1. The fourth-order valence-electron chi connectivity index (χ4n) is 2.75. The van der Waals surface area contributed by atoms with Gasteiger partial charge in [-0.3, -0.25) is 0 Å². The van der Waals surface area contributed by atoms with Gasteiger partial charge in [-0.1, -0.05) is 47.7 Å². The van der Waals surface area contributed by atoms with Crippen molar-refractivity contribution < 1.29 is 27.4 Å². The van der Waals surface area contributed by atoms with Gasteiger partial charge in [0, 0.05) is 18.5 Å². The molecule has 0 saturated heterocycles. The van der Waals surface area contributed by atoms with Crippen LogP contribution in [-0.4, -0.2) is 28.3 Å². The Bertz CT molecular complexity index is 1080. The molecule has 6 nitrogen and oxygen atoms in total. The summed E-state index contributed by atoms with van der Waals surface area (Å²) in [6.07, 6.45) is -2.72. The first-order valence-corrected chi connectivity index (χ1v) is 10.9. The standard InChI is InChI=1S/C23H23F3N3O3S/c1-22(2,3)32-21(30)27-14-16-9-7-15(8-10-16)11-12-19-28-29-20(33-19)17-5-4-6-18(13-17)31-23(24,25)26/h4-10,12-13H,11,14H2,1-3H3,(H,27,30). The van der Waals surface area contributed by atoms with Crippen molar-refractivity contribution in [3.63, 3.8) is 0 Å². The molecule has 0 bridgehead atoms. The first-order chi connectivity index (χ1) is 15.5. The van der Waals surface area contributed by atoms with Crippen LogP contribution in [0.15, 0.2) is 48.5 Å². The van der Waals surface area contributed by atoms with Crippen LogP contribution in [0.5, 0.6) is 5.75 Å². The third kappa shape index (κ3) is 8.38. The zero-order valence-corrected chi connectivity index (χ0v) is 19.1. The van der Waals surface area contributed by atoms with Crippen molar-refractivity contribution in [2.75, 3.05) is 0 Å². The monoisotopic (exact) mass is 478 g/mol. The van der Waals surface area contributed by atoms with Crippen LogP contribution in [0.25, 0.3) is 10.6 Å². The number of halogens is 3. The number of hydrogen-bond acceptors (Lipinski definition) is 6. The summed E-state index contributed by atoms with van der Waals surface area (Å²) in [5.74, 6) is -0.304. The number of amides is 1. The summed E-state index contributed by atoms with van der Waals surface area (Å²) in [6.45, 7) is 5.77. The number of rotatable bonds is 7. The number of aromatic nitrogens is 2. The van der Waals surface area contributed by atoms with Crippen LogP contribution in [0.4, 0.5) is 18.0 Å². The van der Waals surface area contributed by atoms with Gasteiger partial charge in [0.25, 0.3) is 0 Å². The van der Waals surface area contributed by atoms with Gasteiger partial charge in [0.2, 0.25) is 0 Å². The molecule has 3 rings (SSSR count). The van der Waals surface area contributed by atoms with Crippen LogP contribution in [0.3, 0.4) is 0 Å². The molecule has 1 N–H and O–H groups in total. The maximum absolute atomic E-state index is 12.4. The normalized spacial score (nSPS) is 11.8. The van der Waals surface area contributed by atoms with Gasteiger partial charge in [-0.25, -0.2) is 4.79 Å². The lowest BCUT2D eigenvalue weighted by Gasteiger charge is -2.19. The van der Waals surface area contributed by atoms with Crippen molar-refractivity contribution in [2.45, 2.75) is 45.7 Å². The highest BCUT2D eigenvalue weighted by Gasteiger charge is 2.31. The second kappa shape index (κ2) is 10.2. The van der Waals surface area contributed by atoms with Crippen LogP contribution < -0.4 is 10.1 Å². The molecule has 3 aromatic rings. The smallest absolute Gasteiger partial charge is 0.444 e. The number of carbonyl (C=O) groups excluding carboxylic acids is 1. The summed E-state index contributed by atoms with van der Waals surface area (Å²) < 4.78 is 46.4. The van der Waals surface area contributed by atoms with E-state index in [9.17, 15) is 18.0 Å². The Balaban J connectivity index is 1.52. The summed E-state index contributed by atoms with van der Waals surface area (Å²) in [7, 11) is 0. The molecule has 0 saturated carbocycles. The molecule has 175 valence electrons. The van der Waals surface area contributed by atoms with Crippen molar-refractivity contribution in [3.8, 4) is 16.3 Å². The number of benzene rings is 2. The number of alkyl halides is 3. The molecule has 1 radical (unpaired) electrons. The van der Waals surface area contributed by atoms with Gasteiger partial charge in [0.15, 0.2) is 0 Å². The summed E-state index contributed by atoms with van der Waals surface area (Å²) in [5, 5.41) is 12.0. The summed E-state index contributed by atoms with van der Waals surface area (Å²) in [4.78, 5) is 11.7. The van der Waals surface area contributed by atoms with Crippen LogP contribution in [-0.2, 0) is 17.7 Å². The zero-order chi connectivity index (χ0) is 24.1. The summed E-state index contributed by atoms with van der Waals surface area (Å²) in [6, 6.07) is 13.4. The third-order valence-electron chi connectivity index (χ3n) is 4.13. The van der Waals surface area contributed by atoms with Gasteiger partial charge in [-0.15, -0.1) is 23.4 Å². The molecule has 0 atom stereocenters. The fraction of sp³-hybridized carbons (Fsp3) is 0.304. The Morgan fingerprint density at radius 1 is 1.06 bits per heavy atom. The quantitative estimate of drug-likeness (QED) is 0.456. The van der Waals surface area contributed by atoms with Gasteiger partial charge >= 0.3 is 12.5 Å². The maximum atomic E-state index is 12.4. The van der Waals surface area contributed by atoms with E-state index in [-0.39, 0.29) is 5.75 Å². The largest absolute Gasteiger partial charge is 0.573 e. The first kappa shape index (κ1) is 24.5. The molecular weight excluding hydrogens is 455 g/mol. The minimum atomic E-state index is -4.75. The molecule has 0 spiro atoms. The van der Waals surface area contributed by atoms with Crippen molar-refractivity contribution in [1.29, 1.82) is 0 Å². The molecule has 0 aliphatic rings. The van der Waals surface area contributed by atoms with Crippen molar-refractivity contribution in [1.82, 2.24) is 15.5 Å². The van der Waals surface area contributed by atoms with Gasteiger partial charge < -0.3 is 14.8 Å². The van der Waals surface area contributed by atoms with E-state index < -0.39 is 18.1 Å². The topological polar surface area (TPSA) is 73.3 Å². The molecule has 1 amide bonds. The molecule has 33 heavy (non-hydrogen) atoms. The van der Waals surface area contributed by atoms with Crippen LogP contribution in [0, 0.1) is 6.42 Å². The number of alkyl carbamates (subject to hydrolysis) is 1. The molecule has 10 heteroatoms.